The normalized spacial score (nSPS) is 25.0. The Bertz CT molecular complexity index is 691. The van der Waals surface area contributed by atoms with Crippen LogP contribution in [0.5, 0.6) is 0 Å². The first-order valence-electron chi connectivity index (χ1n) is 9.68. The van der Waals surface area contributed by atoms with Crippen molar-refractivity contribution in [1.82, 2.24) is 4.90 Å². The van der Waals surface area contributed by atoms with E-state index in [4.69, 9.17) is 5.53 Å². The predicted molar refractivity (Wildman–Crippen MR) is 105 cm³/mol. The van der Waals surface area contributed by atoms with Crippen LogP contribution in [-0.2, 0) is 0 Å². The SMILES string of the molecule is N=Nc1ccc(NCCCCCCN2C[C@H](O)[C@@H](O)[C@H](O)[C@H]2CO)c([N+](=O)[O-])c1. The van der Waals surface area contributed by atoms with Gasteiger partial charge in [0.25, 0.3) is 5.69 Å². The average molecular weight is 411 g/mol. The maximum Gasteiger partial charge on any atom is 0.294 e. The summed E-state index contributed by atoms with van der Waals surface area (Å²) in [6, 6.07) is 3.75. The Morgan fingerprint density at radius 2 is 1.93 bits per heavy atom. The molecule has 0 unspecified atom stereocenters. The summed E-state index contributed by atoms with van der Waals surface area (Å²) >= 11 is 0. The molecule has 1 aromatic rings. The number of nitro benzene ring substituents is 1. The summed E-state index contributed by atoms with van der Waals surface area (Å²) in [5.74, 6) is 0. The van der Waals surface area contributed by atoms with Gasteiger partial charge in [-0.15, -0.1) is 0 Å². The molecule has 1 aliphatic rings. The molecule has 6 N–H and O–H groups in total. The average Bonchev–Trinajstić information content (AvgIpc) is 2.71. The van der Waals surface area contributed by atoms with Gasteiger partial charge in [0.1, 0.15) is 17.9 Å². The Kier molecular flexibility index (Phi) is 8.86. The molecule has 1 saturated heterocycles. The number of aliphatic hydroxyl groups is 4. The number of nitro groups is 1. The van der Waals surface area contributed by atoms with E-state index in [-0.39, 0.29) is 24.5 Å². The second-order valence-corrected chi connectivity index (χ2v) is 7.20. The van der Waals surface area contributed by atoms with Crippen LogP contribution in [0.1, 0.15) is 25.7 Å². The minimum absolute atomic E-state index is 0.113. The molecule has 0 bridgehead atoms. The number of hydrogen-bond donors (Lipinski definition) is 6. The monoisotopic (exact) mass is 411 g/mol. The third kappa shape index (κ3) is 6.15. The zero-order valence-electron chi connectivity index (χ0n) is 16.1. The minimum atomic E-state index is -1.25. The number of anilines is 1. The van der Waals surface area contributed by atoms with Crippen molar-refractivity contribution in [1.29, 1.82) is 5.53 Å². The van der Waals surface area contributed by atoms with Gasteiger partial charge in [0.15, 0.2) is 0 Å². The van der Waals surface area contributed by atoms with Crippen molar-refractivity contribution >= 4 is 17.1 Å². The van der Waals surface area contributed by atoms with Crippen molar-refractivity contribution in [3.63, 3.8) is 0 Å². The number of rotatable bonds is 11. The molecule has 1 heterocycles. The van der Waals surface area contributed by atoms with Crippen LogP contribution < -0.4 is 5.32 Å². The fourth-order valence-corrected chi connectivity index (χ4v) is 3.54. The zero-order valence-corrected chi connectivity index (χ0v) is 16.1. The first-order valence-corrected chi connectivity index (χ1v) is 9.68. The van der Waals surface area contributed by atoms with Crippen molar-refractivity contribution in [2.24, 2.45) is 5.11 Å². The van der Waals surface area contributed by atoms with Gasteiger partial charge in [-0.2, -0.15) is 5.11 Å². The summed E-state index contributed by atoms with van der Waals surface area (Å²) in [7, 11) is 0. The summed E-state index contributed by atoms with van der Waals surface area (Å²) in [5, 5.41) is 56.3. The molecule has 1 aliphatic heterocycles. The molecule has 11 heteroatoms. The van der Waals surface area contributed by atoms with E-state index >= 15 is 0 Å². The zero-order chi connectivity index (χ0) is 21.4. The standard InChI is InChI=1S/C18H29N5O6/c19-21-12-5-6-13(14(9-12)23(28)29)20-7-3-1-2-4-8-22-10-16(25)18(27)17(26)15(22)11-24/h5-6,9,15-20,24-27H,1-4,7-8,10-11H2/t15-,16+,17-,18-/m1/s1. The largest absolute Gasteiger partial charge is 0.395 e. The third-order valence-corrected chi connectivity index (χ3v) is 5.21. The Morgan fingerprint density at radius 1 is 1.21 bits per heavy atom. The lowest BCUT2D eigenvalue weighted by Crippen LogP contribution is -2.62. The fourth-order valence-electron chi connectivity index (χ4n) is 3.54. The Balaban J connectivity index is 1.70. The third-order valence-electron chi connectivity index (χ3n) is 5.21. The van der Waals surface area contributed by atoms with Gasteiger partial charge in [-0.25, -0.2) is 5.53 Å². The maximum absolute atomic E-state index is 11.1. The molecule has 1 fully saturated rings. The number of aliphatic hydroxyl groups excluding tert-OH is 4. The van der Waals surface area contributed by atoms with Crippen LogP contribution in [0.15, 0.2) is 23.3 Å². The van der Waals surface area contributed by atoms with Gasteiger partial charge in [0, 0.05) is 19.2 Å². The fraction of sp³-hybridized carbons (Fsp3) is 0.667. The number of nitrogens with zero attached hydrogens (tertiary/aromatic N) is 3. The second-order valence-electron chi connectivity index (χ2n) is 7.20. The van der Waals surface area contributed by atoms with E-state index in [1.165, 1.54) is 12.1 Å². The van der Waals surface area contributed by atoms with Crippen LogP contribution in [0.4, 0.5) is 17.1 Å². The molecular formula is C18H29N5O6. The van der Waals surface area contributed by atoms with Crippen molar-refractivity contribution in [3.05, 3.63) is 28.3 Å². The van der Waals surface area contributed by atoms with Crippen LogP contribution in [0, 0.1) is 15.6 Å². The highest BCUT2D eigenvalue weighted by atomic mass is 16.6. The number of unbranched alkanes of at least 4 members (excludes halogenated alkanes) is 3. The van der Waals surface area contributed by atoms with Gasteiger partial charge in [-0.1, -0.05) is 12.8 Å². The number of nitrogens with one attached hydrogen (secondary N) is 2. The molecule has 11 nitrogen and oxygen atoms in total. The lowest BCUT2D eigenvalue weighted by atomic mass is 9.94. The first kappa shape index (κ1) is 23.1. The van der Waals surface area contributed by atoms with E-state index in [1.54, 1.807) is 11.0 Å². The number of benzene rings is 1. The van der Waals surface area contributed by atoms with E-state index in [0.717, 1.165) is 25.7 Å². The van der Waals surface area contributed by atoms with Crippen LogP contribution in [0.25, 0.3) is 0 Å². The summed E-state index contributed by atoms with van der Waals surface area (Å²) < 4.78 is 0. The van der Waals surface area contributed by atoms with Crippen LogP contribution in [0.3, 0.4) is 0 Å². The summed E-state index contributed by atoms with van der Waals surface area (Å²) in [5.41, 5.74) is 7.44. The van der Waals surface area contributed by atoms with E-state index in [2.05, 4.69) is 10.4 Å². The van der Waals surface area contributed by atoms with Gasteiger partial charge < -0.3 is 25.7 Å². The van der Waals surface area contributed by atoms with Crippen LogP contribution in [-0.4, -0.2) is 80.8 Å². The lowest BCUT2D eigenvalue weighted by molar-refractivity contribution is -0.383. The highest BCUT2D eigenvalue weighted by molar-refractivity contribution is 5.66. The summed E-state index contributed by atoms with van der Waals surface area (Å²) in [4.78, 5) is 12.4. The molecule has 0 radical (unpaired) electrons. The lowest BCUT2D eigenvalue weighted by Gasteiger charge is -2.43. The first-order chi connectivity index (χ1) is 13.9. The summed E-state index contributed by atoms with van der Waals surface area (Å²) in [6.45, 7) is 1.06. The molecule has 162 valence electrons. The number of piperidine rings is 1. The van der Waals surface area contributed by atoms with Crippen molar-refractivity contribution in [2.75, 3.05) is 31.6 Å². The highest BCUT2D eigenvalue weighted by Gasteiger charge is 2.40. The quantitative estimate of drug-likeness (QED) is 0.135. The number of β-amino-alcohol motifs (C(OH)–C–C–N with tert-alkyl or cyclic N) is 1. The molecule has 29 heavy (non-hydrogen) atoms. The van der Waals surface area contributed by atoms with Crippen LogP contribution >= 0.6 is 0 Å². The van der Waals surface area contributed by atoms with Gasteiger partial charge in [0.2, 0.25) is 0 Å². The summed E-state index contributed by atoms with van der Waals surface area (Å²) in [6.07, 6.45) is -0.112. The molecule has 0 amide bonds. The van der Waals surface area contributed by atoms with Crippen molar-refractivity contribution < 1.29 is 25.3 Å². The van der Waals surface area contributed by atoms with Gasteiger partial charge in [0.05, 0.1) is 29.4 Å². The molecule has 1 aromatic carbocycles. The van der Waals surface area contributed by atoms with E-state index < -0.39 is 29.3 Å². The number of hydrogen-bond acceptors (Lipinski definition) is 10. The second kappa shape index (κ2) is 11.1. The maximum atomic E-state index is 11.1. The smallest absolute Gasteiger partial charge is 0.294 e. The Morgan fingerprint density at radius 3 is 2.59 bits per heavy atom. The van der Waals surface area contributed by atoms with Gasteiger partial charge >= 0.3 is 0 Å². The van der Waals surface area contributed by atoms with Gasteiger partial charge in [-0.3, -0.25) is 15.0 Å². The number of likely N-dealkylation sites (tertiary alicyclic amines) is 1. The molecule has 0 aliphatic carbocycles. The molecule has 4 atom stereocenters. The van der Waals surface area contributed by atoms with Crippen LogP contribution in [0.2, 0.25) is 0 Å². The topological polar surface area (TPSA) is 176 Å². The minimum Gasteiger partial charge on any atom is -0.395 e. The highest BCUT2D eigenvalue weighted by Crippen LogP contribution is 2.29. The molecule has 0 saturated carbocycles. The molecule has 2 rings (SSSR count). The molecule has 0 spiro atoms. The molecular weight excluding hydrogens is 382 g/mol. The van der Waals surface area contributed by atoms with Crippen molar-refractivity contribution in [2.45, 2.75) is 50.0 Å². The van der Waals surface area contributed by atoms with E-state index in [0.29, 0.717) is 18.8 Å². The van der Waals surface area contributed by atoms with Crippen molar-refractivity contribution in [3.8, 4) is 0 Å². The predicted octanol–water partition coefficient (Wildman–Crippen LogP) is 0.989. The Hall–Kier alpha value is -2.18. The van der Waals surface area contributed by atoms with Gasteiger partial charge in [-0.05, 0) is 31.5 Å². The van der Waals surface area contributed by atoms with E-state index in [9.17, 15) is 30.5 Å². The Labute approximate surface area is 168 Å². The van der Waals surface area contributed by atoms with E-state index in [1.807, 2.05) is 0 Å². The molecule has 0 aromatic heterocycles.